The molecule has 8 heteroatoms. The summed E-state index contributed by atoms with van der Waals surface area (Å²) < 4.78 is 25.5. The third kappa shape index (κ3) is 5.75. The van der Waals surface area contributed by atoms with Crippen molar-refractivity contribution in [3.8, 4) is 5.75 Å². The normalized spacial score (nSPS) is 15.2. The molecule has 0 saturated heterocycles. The van der Waals surface area contributed by atoms with Crippen molar-refractivity contribution in [1.29, 1.82) is 0 Å². The Morgan fingerprint density at radius 1 is 1.19 bits per heavy atom. The Morgan fingerprint density at radius 2 is 2.00 bits per heavy atom. The van der Waals surface area contributed by atoms with Gasteiger partial charge >= 0.3 is 0 Å². The van der Waals surface area contributed by atoms with Crippen LogP contribution in [0.25, 0.3) is 0 Å². The molecule has 1 atom stereocenters. The molecule has 1 aliphatic heterocycles. The second-order valence-corrected chi connectivity index (χ2v) is 9.77. The van der Waals surface area contributed by atoms with Crippen LogP contribution in [0.4, 0.5) is 4.39 Å². The summed E-state index contributed by atoms with van der Waals surface area (Å²) in [5.41, 5.74) is 2.91. The number of amides is 2. The number of benzene rings is 2. The van der Waals surface area contributed by atoms with E-state index in [0.29, 0.717) is 36.7 Å². The van der Waals surface area contributed by atoms with Gasteiger partial charge in [0.2, 0.25) is 11.8 Å². The molecule has 36 heavy (non-hydrogen) atoms. The smallest absolute Gasteiger partial charge is 0.273 e. The number of aromatic nitrogens is 1. The van der Waals surface area contributed by atoms with E-state index < -0.39 is 6.04 Å². The lowest BCUT2D eigenvalue weighted by Crippen LogP contribution is -2.42. The van der Waals surface area contributed by atoms with Gasteiger partial charge in [0.1, 0.15) is 17.8 Å². The molecule has 3 aromatic rings. The van der Waals surface area contributed by atoms with E-state index in [2.05, 4.69) is 10.3 Å². The molecule has 0 radical (unpaired) electrons. The van der Waals surface area contributed by atoms with Crippen molar-refractivity contribution in [2.24, 2.45) is 11.8 Å². The molecule has 1 unspecified atom stereocenters. The summed E-state index contributed by atoms with van der Waals surface area (Å²) in [5.74, 6) is 0.374. The Kier molecular flexibility index (Phi) is 7.72. The molecule has 0 saturated carbocycles. The van der Waals surface area contributed by atoms with Crippen LogP contribution in [0.1, 0.15) is 66.8 Å². The zero-order valence-electron chi connectivity index (χ0n) is 21.1. The van der Waals surface area contributed by atoms with Crippen LogP contribution in [0, 0.1) is 17.7 Å². The van der Waals surface area contributed by atoms with E-state index in [1.54, 1.807) is 6.07 Å². The molecule has 0 fully saturated rings. The van der Waals surface area contributed by atoms with Crippen molar-refractivity contribution in [2.45, 2.75) is 46.8 Å². The van der Waals surface area contributed by atoms with Crippen molar-refractivity contribution >= 4 is 11.8 Å². The number of hydrogen-bond acceptors (Lipinski definition) is 5. The molecule has 0 spiro atoms. The molecule has 0 bridgehead atoms. The fraction of sp³-hybridized carbons (Fsp3) is 0.393. The molecule has 1 N–H and O–H groups in total. The fourth-order valence-electron chi connectivity index (χ4n) is 4.30. The quantitative estimate of drug-likeness (QED) is 0.482. The lowest BCUT2D eigenvalue weighted by Gasteiger charge is -2.39. The number of carbonyl (C=O) groups excluding carboxylic acids is 2. The van der Waals surface area contributed by atoms with Crippen LogP contribution in [0.2, 0.25) is 0 Å². The average molecular weight is 494 g/mol. The Morgan fingerprint density at radius 3 is 2.72 bits per heavy atom. The number of halogens is 1. The van der Waals surface area contributed by atoms with Crippen LogP contribution in [0.3, 0.4) is 0 Å². The Hall–Kier alpha value is -3.68. The molecular formula is C28H32FN3O4. The fourth-order valence-corrected chi connectivity index (χ4v) is 4.30. The van der Waals surface area contributed by atoms with Gasteiger partial charge < -0.3 is 19.4 Å². The summed E-state index contributed by atoms with van der Waals surface area (Å²) in [6, 6.07) is 11.7. The van der Waals surface area contributed by atoms with Gasteiger partial charge in [-0.25, -0.2) is 9.37 Å². The summed E-state index contributed by atoms with van der Waals surface area (Å²) in [4.78, 5) is 31.3. The highest BCUT2D eigenvalue weighted by Crippen LogP contribution is 2.38. The van der Waals surface area contributed by atoms with Gasteiger partial charge in [0.05, 0.1) is 6.04 Å². The summed E-state index contributed by atoms with van der Waals surface area (Å²) in [7, 11) is 0. The molecule has 4 rings (SSSR count). The van der Waals surface area contributed by atoms with Gasteiger partial charge in [0.25, 0.3) is 5.91 Å². The van der Waals surface area contributed by atoms with Crippen LogP contribution in [0.15, 0.2) is 53.1 Å². The molecule has 2 amide bonds. The number of rotatable bonds is 8. The number of carbonyl (C=O) groups is 2. The van der Waals surface area contributed by atoms with Gasteiger partial charge in [-0.2, -0.15) is 0 Å². The molecule has 7 nitrogen and oxygen atoms in total. The number of hydrogen-bond donors (Lipinski definition) is 1. The summed E-state index contributed by atoms with van der Waals surface area (Å²) in [6.07, 6.45) is 2.02. The second-order valence-electron chi connectivity index (χ2n) is 9.77. The lowest BCUT2D eigenvalue weighted by molar-refractivity contribution is -0.136. The maximum absolute atomic E-state index is 14.1. The van der Waals surface area contributed by atoms with Crippen LogP contribution >= 0.6 is 0 Å². The van der Waals surface area contributed by atoms with E-state index >= 15 is 0 Å². The molecule has 2 aromatic carbocycles. The van der Waals surface area contributed by atoms with Gasteiger partial charge in [0.15, 0.2) is 12.3 Å². The summed E-state index contributed by atoms with van der Waals surface area (Å²) in [6.45, 7) is 8.91. The third-order valence-electron chi connectivity index (χ3n) is 6.10. The van der Waals surface area contributed by atoms with Gasteiger partial charge in [0, 0.05) is 19.0 Å². The zero-order chi connectivity index (χ0) is 25.8. The van der Waals surface area contributed by atoms with Gasteiger partial charge in [-0.3, -0.25) is 9.59 Å². The summed E-state index contributed by atoms with van der Waals surface area (Å²) >= 11 is 0. The first-order valence-electron chi connectivity index (χ1n) is 12.3. The molecular weight excluding hydrogens is 461 g/mol. The number of oxazole rings is 1. The van der Waals surface area contributed by atoms with Crippen molar-refractivity contribution < 1.29 is 23.1 Å². The number of nitrogens with one attached hydrogen (secondary N) is 1. The Balaban J connectivity index is 1.56. The van der Waals surface area contributed by atoms with Gasteiger partial charge in [-0.05, 0) is 53.3 Å². The maximum Gasteiger partial charge on any atom is 0.273 e. The largest absolute Gasteiger partial charge is 0.484 e. The number of fused-ring (bicyclic) bond motifs is 1. The molecule has 1 aromatic heterocycles. The number of nitrogens with zero attached hydrogens (tertiary/aromatic N) is 2. The van der Waals surface area contributed by atoms with Crippen LogP contribution in [-0.2, 0) is 17.8 Å². The van der Waals surface area contributed by atoms with E-state index in [1.807, 2.05) is 56.9 Å². The first kappa shape index (κ1) is 25.4. The van der Waals surface area contributed by atoms with E-state index in [1.165, 1.54) is 18.4 Å². The minimum atomic E-state index is -0.416. The van der Waals surface area contributed by atoms with Crippen molar-refractivity contribution in [2.75, 3.05) is 13.1 Å². The van der Waals surface area contributed by atoms with Gasteiger partial charge in [-0.15, -0.1) is 0 Å². The first-order chi connectivity index (χ1) is 17.2. The van der Waals surface area contributed by atoms with Crippen LogP contribution < -0.4 is 10.1 Å². The standard InChI is InChI=1S/C28H32FN3O4/c1-17(2)14-30-27(33)24-15-36-25(31-24)16-35-22-9-8-19-10-11-32(28(34)18(3)4)26(23(19)13-22)20-6-5-7-21(29)12-20/h5-9,12-13,15,17-18,26H,10-11,14,16H2,1-4H3,(H,30,33). The van der Waals surface area contributed by atoms with Crippen molar-refractivity contribution in [3.63, 3.8) is 0 Å². The van der Waals surface area contributed by atoms with E-state index in [9.17, 15) is 14.0 Å². The predicted octanol–water partition coefficient (Wildman–Crippen LogP) is 4.91. The lowest BCUT2D eigenvalue weighted by atomic mass is 9.87. The SMILES string of the molecule is CC(C)CNC(=O)c1coc(COc2ccc3c(c2)C(c2cccc(F)c2)N(C(=O)C(C)C)CC3)n1. The minimum Gasteiger partial charge on any atom is -0.484 e. The molecule has 0 aliphatic carbocycles. The minimum absolute atomic E-state index is 0.0179. The van der Waals surface area contributed by atoms with E-state index in [4.69, 9.17) is 9.15 Å². The predicted molar refractivity (Wildman–Crippen MR) is 133 cm³/mol. The van der Waals surface area contributed by atoms with Crippen molar-refractivity contribution in [1.82, 2.24) is 15.2 Å². The third-order valence-corrected chi connectivity index (χ3v) is 6.10. The monoisotopic (exact) mass is 493 g/mol. The molecule has 190 valence electrons. The maximum atomic E-state index is 14.1. The highest BCUT2D eigenvalue weighted by atomic mass is 19.1. The van der Waals surface area contributed by atoms with Gasteiger partial charge in [-0.1, -0.05) is 45.9 Å². The summed E-state index contributed by atoms with van der Waals surface area (Å²) in [5, 5.41) is 2.80. The molecule has 2 heterocycles. The highest BCUT2D eigenvalue weighted by molar-refractivity contribution is 5.91. The first-order valence-corrected chi connectivity index (χ1v) is 12.3. The Bertz CT molecular complexity index is 1240. The zero-order valence-corrected chi connectivity index (χ0v) is 21.1. The number of ether oxygens (including phenoxy) is 1. The van der Waals surface area contributed by atoms with Crippen LogP contribution in [-0.4, -0.2) is 34.8 Å². The molecule has 1 aliphatic rings. The van der Waals surface area contributed by atoms with E-state index in [0.717, 1.165) is 11.1 Å². The van der Waals surface area contributed by atoms with E-state index in [-0.39, 0.29) is 41.7 Å². The van der Waals surface area contributed by atoms with Crippen LogP contribution in [0.5, 0.6) is 5.75 Å². The average Bonchev–Trinajstić information content (AvgIpc) is 3.34. The Labute approximate surface area is 210 Å². The highest BCUT2D eigenvalue weighted by Gasteiger charge is 2.33. The van der Waals surface area contributed by atoms with Crippen molar-refractivity contribution in [3.05, 3.63) is 82.8 Å². The second kappa shape index (κ2) is 10.9. The topological polar surface area (TPSA) is 84.7 Å².